The van der Waals surface area contributed by atoms with Crippen molar-refractivity contribution in [2.45, 2.75) is 25.0 Å². The number of hydrogen-bond acceptors (Lipinski definition) is 14. The third-order valence-electron chi connectivity index (χ3n) is 6.04. The molecule has 14 heteroatoms. The first-order chi connectivity index (χ1) is 21.5. The fraction of sp³-hybridized carbons (Fsp3) is 0.600. The van der Waals surface area contributed by atoms with Crippen LogP contribution in [0, 0.1) is 0 Å². The van der Waals surface area contributed by atoms with Crippen molar-refractivity contribution < 1.29 is 66.3 Å². The van der Waals surface area contributed by atoms with E-state index >= 15 is 0 Å². The molecule has 0 aliphatic heterocycles. The number of rotatable bonds is 25. The van der Waals surface area contributed by atoms with Crippen LogP contribution in [0.25, 0.3) is 0 Å². The van der Waals surface area contributed by atoms with E-state index in [0.717, 1.165) is 0 Å². The Morgan fingerprint density at radius 2 is 0.932 bits per heavy atom. The van der Waals surface area contributed by atoms with Crippen molar-refractivity contribution in [2.24, 2.45) is 0 Å². The normalized spacial score (nSPS) is 13.3. The second-order valence-corrected chi connectivity index (χ2v) is 9.11. The molecule has 0 amide bonds. The minimum Gasteiger partial charge on any atom is -0.467 e. The van der Waals surface area contributed by atoms with Gasteiger partial charge in [-0.3, -0.25) is 0 Å². The van der Waals surface area contributed by atoms with E-state index in [1.165, 1.54) is 49.8 Å². The minimum absolute atomic E-state index is 0.00567. The SMILES string of the molecule is COCOc1cc(OCOC)c(C(C)[C@H](OCOC)[C@@H](OCOC)c2ccc(OCOC)c(OCOC)c2)c(OCOC)c1. The molecule has 44 heavy (non-hydrogen) atoms. The number of methoxy groups -OCH3 is 7. The summed E-state index contributed by atoms with van der Waals surface area (Å²) in [6.07, 6.45) is -1.40. The molecule has 2 rings (SSSR count). The highest BCUT2D eigenvalue weighted by molar-refractivity contribution is 5.53. The molecule has 0 bridgehead atoms. The van der Waals surface area contributed by atoms with E-state index in [-0.39, 0.29) is 47.6 Å². The zero-order valence-electron chi connectivity index (χ0n) is 26.8. The Bertz CT molecular complexity index is 1020. The van der Waals surface area contributed by atoms with Crippen molar-refractivity contribution in [3.63, 3.8) is 0 Å². The maximum Gasteiger partial charge on any atom is 0.188 e. The van der Waals surface area contributed by atoms with Crippen molar-refractivity contribution in [3.05, 3.63) is 41.5 Å². The summed E-state index contributed by atoms with van der Waals surface area (Å²) in [6, 6.07) is 8.82. The Hall–Kier alpha value is -2.92. The zero-order valence-corrected chi connectivity index (χ0v) is 26.8. The van der Waals surface area contributed by atoms with Crippen LogP contribution in [-0.4, -0.2) is 103 Å². The van der Waals surface area contributed by atoms with Gasteiger partial charge >= 0.3 is 0 Å². The average Bonchev–Trinajstić information content (AvgIpc) is 3.04. The number of benzene rings is 2. The predicted molar refractivity (Wildman–Crippen MR) is 156 cm³/mol. The van der Waals surface area contributed by atoms with Gasteiger partial charge in [0.25, 0.3) is 0 Å². The molecule has 0 radical (unpaired) electrons. The van der Waals surface area contributed by atoms with E-state index in [9.17, 15) is 0 Å². The largest absolute Gasteiger partial charge is 0.467 e. The van der Waals surface area contributed by atoms with Gasteiger partial charge in [-0.1, -0.05) is 13.0 Å². The fourth-order valence-electron chi connectivity index (χ4n) is 4.23. The second-order valence-electron chi connectivity index (χ2n) is 9.11. The first-order valence-corrected chi connectivity index (χ1v) is 13.6. The molecule has 2 aromatic carbocycles. The average molecular weight is 631 g/mol. The van der Waals surface area contributed by atoms with Crippen LogP contribution in [0.5, 0.6) is 28.7 Å². The van der Waals surface area contributed by atoms with E-state index in [4.69, 9.17) is 66.3 Å². The Morgan fingerprint density at radius 3 is 1.45 bits per heavy atom. The highest BCUT2D eigenvalue weighted by Gasteiger charge is 2.36. The highest BCUT2D eigenvalue weighted by atomic mass is 16.7. The van der Waals surface area contributed by atoms with Gasteiger partial charge in [0.1, 0.15) is 36.9 Å². The van der Waals surface area contributed by atoms with Gasteiger partial charge in [0.2, 0.25) is 0 Å². The van der Waals surface area contributed by atoms with Crippen LogP contribution >= 0.6 is 0 Å². The van der Waals surface area contributed by atoms with Gasteiger partial charge in [-0.25, -0.2) is 0 Å². The van der Waals surface area contributed by atoms with Crippen LogP contribution in [0.3, 0.4) is 0 Å². The number of hydrogen-bond donors (Lipinski definition) is 0. The fourth-order valence-corrected chi connectivity index (χ4v) is 4.23. The topological polar surface area (TPSA) is 129 Å². The van der Waals surface area contributed by atoms with Crippen LogP contribution < -0.4 is 23.7 Å². The molecule has 1 unspecified atom stereocenters. The quantitative estimate of drug-likeness (QED) is 0.146. The summed E-state index contributed by atoms with van der Waals surface area (Å²) in [5.41, 5.74) is 1.34. The van der Waals surface area contributed by atoms with Crippen LogP contribution in [0.4, 0.5) is 0 Å². The van der Waals surface area contributed by atoms with Crippen LogP contribution in [-0.2, 0) is 42.6 Å². The van der Waals surface area contributed by atoms with Gasteiger partial charge in [0.05, 0.1) is 6.10 Å². The highest BCUT2D eigenvalue weighted by Crippen LogP contribution is 2.45. The first kappa shape index (κ1) is 37.3. The Balaban J connectivity index is 2.70. The van der Waals surface area contributed by atoms with Crippen LogP contribution in [0.15, 0.2) is 30.3 Å². The molecule has 0 aromatic heterocycles. The van der Waals surface area contributed by atoms with Gasteiger partial charge in [-0.05, 0) is 17.7 Å². The molecule has 0 heterocycles. The molecule has 3 atom stereocenters. The van der Waals surface area contributed by atoms with Gasteiger partial charge in [-0.15, -0.1) is 0 Å². The molecule has 0 spiro atoms. The zero-order chi connectivity index (χ0) is 32.2. The van der Waals surface area contributed by atoms with E-state index in [1.54, 1.807) is 24.3 Å². The van der Waals surface area contributed by atoms with Crippen molar-refractivity contribution in [1.82, 2.24) is 0 Å². The van der Waals surface area contributed by atoms with Crippen molar-refractivity contribution in [3.8, 4) is 28.7 Å². The van der Waals surface area contributed by atoms with Gasteiger partial charge in [0.15, 0.2) is 45.5 Å². The third-order valence-corrected chi connectivity index (χ3v) is 6.04. The summed E-state index contributed by atoms with van der Waals surface area (Å²) in [7, 11) is 10.7. The lowest BCUT2D eigenvalue weighted by Crippen LogP contribution is -2.32. The molecule has 14 nitrogen and oxygen atoms in total. The smallest absolute Gasteiger partial charge is 0.188 e. The Labute approximate surface area is 259 Å². The molecule has 2 aromatic rings. The summed E-state index contributed by atoms with van der Waals surface area (Å²) >= 11 is 0. The molecule has 0 saturated heterocycles. The van der Waals surface area contributed by atoms with Gasteiger partial charge in [-0.2, -0.15) is 0 Å². The van der Waals surface area contributed by atoms with Crippen LogP contribution in [0.1, 0.15) is 30.1 Å². The lowest BCUT2D eigenvalue weighted by atomic mass is 9.87. The van der Waals surface area contributed by atoms with Gasteiger partial charge < -0.3 is 66.3 Å². The maximum absolute atomic E-state index is 6.31. The molecule has 0 aliphatic rings. The van der Waals surface area contributed by atoms with E-state index in [1.807, 2.05) is 13.0 Å². The predicted octanol–water partition coefficient (Wildman–Crippen LogP) is 4.05. The Kier molecular flexibility index (Phi) is 18.4. The summed E-state index contributed by atoms with van der Waals surface area (Å²) in [5.74, 6) is 1.74. The number of ether oxygens (including phenoxy) is 14. The molecular formula is C30H46O14. The van der Waals surface area contributed by atoms with Crippen molar-refractivity contribution in [2.75, 3.05) is 97.3 Å². The molecule has 0 aliphatic carbocycles. The summed E-state index contributed by atoms with van der Waals surface area (Å²) in [4.78, 5) is 0. The maximum atomic E-state index is 6.31. The Morgan fingerprint density at radius 1 is 0.477 bits per heavy atom. The lowest BCUT2D eigenvalue weighted by molar-refractivity contribution is -0.165. The summed E-state index contributed by atoms with van der Waals surface area (Å²) < 4.78 is 78.1. The monoisotopic (exact) mass is 630 g/mol. The van der Waals surface area contributed by atoms with Crippen molar-refractivity contribution >= 4 is 0 Å². The summed E-state index contributed by atoms with van der Waals surface area (Å²) in [6.45, 7) is 1.85. The first-order valence-electron chi connectivity index (χ1n) is 13.6. The molecule has 0 saturated carbocycles. The minimum atomic E-state index is -0.712. The molecule has 250 valence electrons. The van der Waals surface area contributed by atoms with Crippen molar-refractivity contribution in [1.29, 1.82) is 0 Å². The second kappa shape index (κ2) is 21.7. The van der Waals surface area contributed by atoms with E-state index in [2.05, 4.69) is 0 Å². The van der Waals surface area contributed by atoms with Crippen LogP contribution in [0.2, 0.25) is 0 Å². The van der Waals surface area contributed by atoms with E-state index < -0.39 is 18.1 Å². The molecule has 0 N–H and O–H groups in total. The third kappa shape index (κ3) is 11.5. The lowest BCUT2D eigenvalue weighted by Gasteiger charge is -2.33. The molecular weight excluding hydrogens is 584 g/mol. The molecule has 0 fully saturated rings. The standard InChI is InChI=1S/C30H46O14/c1-21(28-26(41-17-34-5)12-23(38-14-31-2)13-27(28)42-18-35-6)29(43-19-36-7)30(44-20-37-8)22-9-10-24(39-15-32-3)25(11-22)40-16-33-4/h9-13,21,29-30H,14-20H2,1-8H3/t21?,29-,30-/m0/s1. The summed E-state index contributed by atoms with van der Waals surface area (Å²) in [5, 5.41) is 0. The van der Waals surface area contributed by atoms with E-state index in [0.29, 0.717) is 39.9 Å². The van der Waals surface area contributed by atoms with Gasteiger partial charge in [0, 0.05) is 73.4 Å².